The van der Waals surface area contributed by atoms with Gasteiger partial charge in [-0.1, -0.05) is 19.1 Å². The summed E-state index contributed by atoms with van der Waals surface area (Å²) in [5.41, 5.74) is 0. The van der Waals surface area contributed by atoms with Crippen molar-refractivity contribution in [1.82, 2.24) is 10.2 Å². The van der Waals surface area contributed by atoms with Crippen LogP contribution in [0.4, 0.5) is 0 Å². The average molecular weight is 210 g/mol. The second-order valence-corrected chi connectivity index (χ2v) is 3.89. The number of hydrogen-bond acceptors (Lipinski definition) is 3. The van der Waals surface area contributed by atoms with E-state index in [1.54, 1.807) is 6.92 Å². The van der Waals surface area contributed by atoms with Gasteiger partial charge in [-0.3, -0.25) is 0 Å². The summed E-state index contributed by atoms with van der Waals surface area (Å²) in [5, 5.41) is 12.7. The van der Waals surface area contributed by atoms with Crippen molar-refractivity contribution in [3.63, 3.8) is 0 Å². The Morgan fingerprint density at radius 3 is 3.00 bits per heavy atom. The fourth-order valence-corrected chi connectivity index (χ4v) is 1.76. The topological polar surface area (TPSA) is 35.5 Å². The Kier molecular flexibility index (Phi) is 5.26. The van der Waals surface area contributed by atoms with Crippen molar-refractivity contribution in [2.24, 2.45) is 0 Å². The van der Waals surface area contributed by atoms with Crippen LogP contribution in [0.2, 0.25) is 0 Å². The molecular weight excluding hydrogens is 188 g/mol. The molecule has 0 aliphatic carbocycles. The minimum absolute atomic E-state index is 0.264. The van der Waals surface area contributed by atoms with Crippen molar-refractivity contribution < 1.29 is 5.11 Å². The minimum atomic E-state index is -0.410. The van der Waals surface area contributed by atoms with Crippen LogP contribution in [-0.2, 0) is 0 Å². The molecule has 2 unspecified atom stereocenters. The van der Waals surface area contributed by atoms with Gasteiger partial charge in [-0.2, -0.15) is 0 Å². The molecule has 0 amide bonds. The maximum absolute atomic E-state index is 9.48. The normalized spacial score (nSPS) is 22.3. The molecule has 0 saturated carbocycles. The summed E-state index contributed by atoms with van der Waals surface area (Å²) in [7, 11) is 0. The number of nitrogens with one attached hydrogen (secondary N) is 1. The van der Waals surface area contributed by atoms with E-state index in [0.717, 1.165) is 25.7 Å². The lowest BCUT2D eigenvalue weighted by molar-refractivity contribution is 0.0257. The van der Waals surface area contributed by atoms with Crippen molar-refractivity contribution in [3.8, 4) is 0 Å². The second kappa shape index (κ2) is 6.51. The average Bonchev–Trinajstić information content (AvgIpc) is 2.66. The molecule has 0 radical (unpaired) electrons. The van der Waals surface area contributed by atoms with Crippen LogP contribution in [0, 0.1) is 0 Å². The van der Waals surface area contributed by atoms with E-state index in [2.05, 4.69) is 24.4 Å². The zero-order valence-corrected chi connectivity index (χ0v) is 9.69. The molecule has 0 aromatic heterocycles. The zero-order chi connectivity index (χ0) is 11.1. The van der Waals surface area contributed by atoms with Gasteiger partial charge in [0.05, 0.1) is 0 Å². The quantitative estimate of drug-likeness (QED) is 0.521. The van der Waals surface area contributed by atoms with Crippen molar-refractivity contribution in [1.29, 1.82) is 0 Å². The molecule has 0 aromatic rings. The maximum Gasteiger partial charge on any atom is 0.125 e. The van der Waals surface area contributed by atoms with Crippen LogP contribution in [0.15, 0.2) is 24.6 Å². The summed E-state index contributed by atoms with van der Waals surface area (Å²) >= 11 is 0. The standard InChI is InChI=1S/C12H22N2O/c1-3-4-5-6-7-8-12-13-9-10-14(12)11(2)15/h4-5,9-13,15H,3,6-8H2,1-2H3/b5-4+. The zero-order valence-electron chi connectivity index (χ0n) is 9.69. The molecule has 3 heteroatoms. The summed E-state index contributed by atoms with van der Waals surface area (Å²) in [6.07, 6.45) is 12.6. The lowest BCUT2D eigenvalue weighted by Gasteiger charge is -2.27. The smallest absolute Gasteiger partial charge is 0.125 e. The molecule has 0 spiro atoms. The third-order valence-electron chi connectivity index (χ3n) is 2.58. The van der Waals surface area contributed by atoms with Crippen LogP contribution in [0.1, 0.15) is 39.5 Å². The highest BCUT2D eigenvalue weighted by Crippen LogP contribution is 2.14. The van der Waals surface area contributed by atoms with E-state index >= 15 is 0 Å². The Bertz CT molecular complexity index is 224. The number of aliphatic hydroxyl groups excluding tert-OH is 1. The van der Waals surface area contributed by atoms with Gasteiger partial charge in [0.1, 0.15) is 12.4 Å². The number of allylic oxidation sites excluding steroid dienone is 2. The van der Waals surface area contributed by atoms with Gasteiger partial charge < -0.3 is 15.3 Å². The molecule has 1 rings (SSSR count). The predicted molar refractivity (Wildman–Crippen MR) is 62.9 cm³/mol. The van der Waals surface area contributed by atoms with Gasteiger partial charge >= 0.3 is 0 Å². The third kappa shape index (κ3) is 3.96. The molecule has 15 heavy (non-hydrogen) atoms. The third-order valence-corrected chi connectivity index (χ3v) is 2.58. The fraction of sp³-hybridized carbons (Fsp3) is 0.667. The van der Waals surface area contributed by atoms with E-state index < -0.39 is 6.23 Å². The van der Waals surface area contributed by atoms with Crippen molar-refractivity contribution in [2.45, 2.75) is 51.9 Å². The lowest BCUT2D eigenvalue weighted by Crippen LogP contribution is -2.40. The molecule has 86 valence electrons. The highest BCUT2D eigenvalue weighted by molar-refractivity contribution is 4.94. The van der Waals surface area contributed by atoms with Gasteiger partial charge in [0.15, 0.2) is 0 Å². The van der Waals surface area contributed by atoms with E-state index in [4.69, 9.17) is 0 Å². The van der Waals surface area contributed by atoms with E-state index in [9.17, 15) is 5.11 Å². The van der Waals surface area contributed by atoms with Crippen LogP contribution in [0.5, 0.6) is 0 Å². The number of hydrogen-bond donors (Lipinski definition) is 2. The van der Waals surface area contributed by atoms with Crippen LogP contribution < -0.4 is 5.32 Å². The summed E-state index contributed by atoms with van der Waals surface area (Å²) < 4.78 is 0. The van der Waals surface area contributed by atoms with Crippen LogP contribution in [0.25, 0.3) is 0 Å². The Morgan fingerprint density at radius 2 is 2.33 bits per heavy atom. The molecule has 3 nitrogen and oxygen atoms in total. The lowest BCUT2D eigenvalue weighted by atomic mass is 10.2. The molecular formula is C12H22N2O. The van der Waals surface area contributed by atoms with Crippen LogP contribution in [0.3, 0.4) is 0 Å². The summed E-state index contributed by atoms with van der Waals surface area (Å²) in [6, 6.07) is 0. The molecule has 0 saturated heterocycles. The first-order valence-corrected chi connectivity index (χ1v) is 5.79. The van der Waals surface area contributed by atoms with Gasteiger partial charge in [0.2, 0.25) is 0 Å². The monoisotopic (exact) mass is 210 g/mol. The summed E-state index contributed by atoms with van der Waals surface area (Å²) in [5.74, 6) is 0. The van der Waals surface area contributed by atoms with E-state index in [1.807, 2.05) is 17.3 Å². The molecule has 2 N–H and O–H groups in total. The number of nitrogens with zero attached hydrogens (tertiary/aromatic N) is 1. The number of unbranched alkanes of at least 4 members (excludes halogenated alkanes) is 1. The first-order chi connectivity index (χ1) is 7.25. The molecule has 2 atom stereocenters. The van der Waals surface area contributed by atoms with Gasteiger partial charge in [0, 0.05) is 12.4 Å². The molecule has 0 aromatic carbocycles. The Hall–Kier alpha value is -0.960. The first kappa shape index (κ1) is 12.1. The summed E-state index contributed by atoms with van der Waals surface area (Å²) in [6.45, 7) is 3.94. The highest BCUT2D eigenvalue weighted by Gasteiger charge is 2.20. The molecule has 1 aliphatic rings. The second-order valence-electron chi connectivity index (χ2n) is 3.89. The van der Waals surface area contributed by atoms with Crippen molar-refractivity contribution in [3.05, 3.63) is 24.6 Å². The SMILES string of the molecule is CC/C=C/CCCC1NC=CN1C(C)O. The predicted octanol–water partition coefficient (Wildman–Crippen LogP) is 2.16. The molecule has 0 bridgehead atoms. The van der Waals surface area contributed by atoms with Gasteiger partial charge in [-0.15, -0.1) is 0 Å². The van der Waals surface area contributed by atoms with Crippen LogP contribution >= 0.6 is 0 Å². The van der Waals surface area contributed by atoms with E-state index in [0.29, 0.717) is 0 Å². The van der Waals surface area contributed by atoms with E-state index in [-0.39, 0.29) is 6.17 Å². The Morgan fingerprint density at radius 1 is 1.53 bits per heavy atom. The largest absolute Gasteiger partial charge is 0.374 e. The Labute approximate surface area is 92.5 Å². The summed E-state index contributed by atoms with van der Waals surface area (Å²) in [4.78, 5) is 1.95. The molecule has 1 aliphatic heterocycles. The minimum Gasteiger partial charge on any atom is -0.374 e. The van der Waals surface area contributed by atoms with Gasteiger partial charge in [-0.25, -0.2) is 0 Å². The van der Waals surface area contributed by atoms with E-state index in [1.165, 1.54) is 0 Å². The van der Waals surface area contributed by atoms with Crippen molar-refractivity contribution >= 4 is 0 Å². The molecule has 1 heterocycles. The van der Waals surface area contributed by atoms with Crippen molar-refractivity contribution in [2.75, 3.05) is 0 Å². The van der Waals surface area contributed by atoms with Gasteiger partial charge in [-0.05, 0) is 32.6 Å². The highest BCUT2D eigenvalue weighted by atomic mass is 16.3. The Balaban J connectivity index is 2.19. The van der Waals surface area contributed by atoms with Gasteiger partial charge in [0.25, 0.3) is 0 Å². The molecule has 0 fully saturated rings. The number of aliphatic hydroxyl groups is 1. The maximum atomic E-state index is 9.48. The number of rotatable bonds is 6. The van der Waals surface area contributed by atoms with Crippen LogP contribution in [-0.4, -0.2) is 22.4 Å². The first-order valence-electron chi connectivity index (χ1n) is 5.79. The fourth-order valence-electron chi connectivity index (χ4n) is 1.76.